The number of amides is 1. The molecular formula is C14H20N2O4. The lowest BCUT2D eigenvalue weighted by molar-refractivity contribution is -0.126. The molecule has 1 heterocycles. The van der Waals surface area contributed by atoms with Crippen molar-refractivity contribution in [3.05, 3.63) is 29.8 Å². The fourth-order valence-corrected chi connectivity index (χ4v) is 2.11. The molecule has 0 unspecified atom stereocenters. The molecule has 1 saturated heterocycles. The Morgan fingerprint density at radius 2 is 2.40 bits per heavy atom. The van der Waals surface area contributed by atoms with Crippen molar-refractivity contribution < 1.29 is 19.4 Å². The summed E-state index contributed by atoms with van der Waals surface area (Å²) in [6.45, 7) is 1.77. The molecule has 6 heteroatoms. The number of morpholine rings is 1. The number of nitrogens with one attached hydrogen (secondary N) is 2. The quantitative estimate of drug-likeness (QED) is 0.698. The minimum Gasteiger partial charge on any atom is -0.496 e. The molecule has 0 aromatic heterocycles. The molecule has 0 spiro atoms. The Hall–Kier alpha value is -1.63. The molecule has 1 aromatic carbocycles. The maximum absolute atomic E-state index is 11.9. The Morgan fingerprint density at radius 1 is 1.60 bits per heavy atom. The Balaban J connectivity index is 1.88. The average Bonchev–Trinajstić information content (AvgIpc) is 2.53. The molecule has 1 fully saturated rings. The zero-order chi connectivity index (χ0) is 14.4. The van der Waals surface area contributed by atoms with Crippen LogP contribution < -0.4 is 15.4 Å². The highest BCUT2D eigenvalue weighted by atomic mass is 16.5. The summed E-state index contributed by atoms with van der Waals surface area (Å²) in [6.07, 6.45) is -0.806. The van der Waals surface area contributed by atoms with Crippen LogP contribution in [0.1, 0.15) is 11.7 Å². The molecule has 20 heavy (non-hydrogen) atoms. The van der Waals surface area contributed by atoms with Crippen molar-refractivity contribution in [2.75, 3.05) is 33.4 Å². The van der Waals surface area contributed by atoms with Gasteiger partial charge in [0.25, 0.3) is 0 Å². The number of methoxy groups -OCH3 is 1. The number of carbonyl (C=O) groups is 1. The Kier molecular flexibility index (Phi) is 5.34. The van der Waals surface area contributed by atoms with E-state index in [1.165, 1.54) is 0 Å². The summed E-state index contributed by atoms with van der Waals surface area (Å²) < 4.78 is 10.4. The summed E-state index contributed by atoms with van der Waals surface area (Å²) in [4.78, 5) is 11.9. The Morgan fingerprint density at radius 3 is 3.10 bits per heavy atom. The minimum atomic E-state index is -0.806. The lowest BCUT2D eigenvalue weighted by Crippen LogP contribution is -2.51. The number of hydrogen-bond donors (Lipinski definition) is 3. The number of carbonyl (C=O) groups excluding carboxylic acids is 1. The minimum absolute atomic E-state index is 0.136. The first-order chi connectivity index (χ1) is 9.72. The average molecular weight is 280 g/mol. The fourth-order valence-electron chi connectivity index (χ4n) is 2.11. The Bertz CT molecular complexity index is 447. The molecule has 3 N–H and O–H groups in total. The van der Waals surface area contributed by atoms with Crippen molar-refractivity contribution in [1.82, 2.24) is 10.6 Å². The van der Waals surface area contributed by atoms with E-state index in [4.69, 9.17) is 9.47 Å². The number of rotatable bonds is 5. The van der Waals surface area contributed by atoms with Crippen molar-refractivity contribution in [2.24, 2.45) is 0 Å². The zero-order valence-electron chi connectivity index (χ0n) is 11.5. The highest BCUT2D eigenvalue weighted by Gasteiger charge is 2.22. The number of aliphatic hydroxyl groups excluding tert-OH is 1. The molecule has 1 aromatic rings. The van der Waals surface area contributed by atoms with Crippen LogP contribution in [0.25, 0.3) is 0 Å². The zero-order valence-corrected chi connectivity index (χ0v) is 11.5. The summed E-state index contributed by atoms with van der Waals surface area (Å²) in [5, 5.41) is 15.9. The van der Waals surface area contributed by atoms with Crippen LogP contribution in [0.2, 0.25) is 0 Å². The third-order valence-corrected chi connectivity index (χ3v) is 3.21. The van der Waals surface area contributed by atoms with Crippen molar-refractivity contribution >= 4 is 5.91 Å². The van der Waals surface area contributed by atoms with Gasteiger partial charge in [-0.3, -0.25) is 4.79 Å². The van der Waals surface area contributed by atoms with Crippen LogP contribution >= 0.6 is 0 Å². The van der Waals surface area contributed by atoms with Gasteiger partial charge in [-0.05, 0) is 6.07 Å². The van der Waals surface area contributed by atoms with Gasteiger partial charge in [-0.15, -0.1) is 0 Å². The molecule has 1 amide bonds. The van der Waals surface area contributed by atoms with E-state index in [0.29, 0.717) is 31.1 Å². The molecule has 1 aliphatic rings. The molecule has 2 atom stereocenters. The van der Waals surface area contributed by atoms with Crippen LogP contribution in [-0.4, -0.2) is 50.5 Å². The monoisotopic (exact) mass is 280 g/mol. The van der Waals surface area contributed by atoms with Crippen molar-refractivity contribution in [3.8, 4) is 5.75 Å². The third-order valence-electron chi connectivity index (χ3n) is 3.21. The summed E-state index contributed by atoms with van der Waals surface area (Å²) in [5.74, 6) is 0.437. The van der Waals surface area contributed by atoms with Crippen LogP contribution in [0, 0.1) is 0 Å². The van der Waals surface area contributed by atoms with Crippen LogP contribution in [0.3, 0.4) is 0 Å². The maximum atomic E-state index is 11.9. The van der Waals surface area contributed by atoms with Gasteiger partial charge in [0.15, 0.2) is 0 Å². The SMILES string of the molecule is COc1ccccc1[C@@H](O)CNC(=O)[C@H]1COCCN1. The van der Waals surface area contributed by atoms with Crippen LogP contribution in [-0.2, 0) is 9.53 Å². The molecule has 6 nitrogen and oxygen atoms in total. The third kappa shape index (κ3) is 3.69. The van der Waals surface area contributed by atoms with Gasteiger partial charge < -0.3 is 25.2 Å². The smallest absolute Gasteiger partial charge is 0.239 e. The summed E-state index contributed by atoms with van der Waals surface area (Å²) in [5.41, 5.74) is 0.656. The van der Waals surface area contributed by atoms with E-state index in [2.05, 4.69) is 10.6 Å². The highest BCUT2D eigenvalue weighted by molar-refractivity contribution is 5.82. The van der Waals surface area contributed by atoms with E-state index in [0.717, 1.165) is 0 Å². The van der Waals surface area contributed by atoms with Gasteiger partial charge in [-0.25, -0.2) is 0 Å². The van der Waals surface area contributed by atoms with Crippen LogP contribution in [0.15, 0.2) is 24.3 Å². The lowest BCUT2D eigenvalue weighted by atomic mass is 10.1. The lowest BCUT2D eigenvalue weighted by Gasteiger charge is -2.23. The van der Waals surface area contributed by atoms with E-state index in [9.17, 15) is 9.90 Å². The van der Waals surface area contributed by atoms with E-state index in [1.54, 1.807) is 19.2 Å². The molecule has 0 aliphatic carbocycles. The molecular weight excluding hydrogens is 260 g/mol. The standard InChI is InChI=1S/C14H20N2O4/c1-19-13-5-3-2-4-10(13)12(17)8-16-14(18)11-9-20-7-6-15-11/h2-5,11-12,15,17H,6-9H2,1H3,(H,16,18)/t11-,12+/m1/s1. The summed E-state index contributed by atoms with van der Waals surface area (Å²) in [7, 11) is 1.55. The predicted molar refractivity (Wildman–Crippen MR) is 73.6 cm³/mol. The number of hydrogen-bond acceptors (Lipinski definition) is 5. The van der Waals surface area contributed by atoms with E-state index >= 15 is 0 Å². The second kappa shape index (κ2) is 7.23. The molecule has 0 saturated carbocycles. The van der Waals surface area contributed by atoms with E-state index in [1.807, 2.05) is 12.1 Å². The van der Waals surface area contributed by atoms with E-state index < -0.39 is 6.10 Å². The molecule has 2 rings (SSSR count). The largest absolute Gasteiger partial charge is 0.496 e. The maximum Gasteiger partial charge on any atom is 0.239 e. The molecule has 0 radical (unpaired) electrons. The summed E-state index contributed by atoms with van der Waals surface area (Å²) >= 11 is 0. The summed E-state index contributed by atoms with van der Waals surface area (Å²) in [6, 6.07) is 6.85. The highest BCUT2D eigenvalue weighted by Crippen LogP contribution is 2.23. The topological polar surface area (TPSA) is 79.8 Å². The second-order valence-electron chi connectivity index (χ2n) is 4.58. The van der Waals surface area contributed by atoms with Gasteiger partial charge in [0, 0.05) is 18.7 Å². The van der Waals surface area contributed by atoms with Gasteiger partial charge in [-0.2, -0.15) is 0 Å². The van der Waals surface area contributed by atoms with Gasteiger partial charge in [0.1, 0.15) is 11.8 Å². The normalized spacial score (nSPS) is 20.2. The first kappa shape index (κ1) is 14.8. The number of ether oxygens (including phenoxy) is 2. The van der Waals surface area contributed by atoms with Gasteiger partial charge in [-0.1, -0.05) is 18.2 Å². The Labute approximate surface area is 118 Å². The predicted octanol–water partition coefficient (Wildman–Crippen LogP) is -0.167. The van der Waals surface area contributed by atoms with Crippen molar-refractivity contribution in [1.29, 1.82) is 0 Å². The fraction of sp³-hybridized carbons (Fsp3) is 0.500. The molecule has 0 bridgehead atoms. The van der Waals surface area contributed by atoms with Crippen molar-refractivity contribution in [3.63, 3.8) is 0 Å². The van der Waals surface area contributed by atoms with Crippen molar-refractivity contribution in [2.45, 2.75) is 12.1 Å². The van der Waals surface area contributed by atoms with E-state index in [-0.39, 0.29) is 18.5 Å². The molecule has 1 aliphatic heterocycles. The first-order valence-electron chi connectivity index (χ1n) is 6.62. The van der Waals surface area contributed by atoms with Crippen LogP contribution in [0.4, 0.5) is 0 Å². The van der Waals surface area contributed by atoms with Gasteiger partial charge >= 0.3 is 0 Å². The number of para-hydroxylation sites is 1. The molecule has 110 valence electrons. The van der Waals surface area contributed by atoms with Gasteiger partial charge in [0.2, 0.25) is 5.91 Å². The van der Waals surface area contributed by atoms with Gasteiger partial charge in [0.05, 0.1) is 26.4 Å². The first-order valence-corrected chi connectivity index (χ1v) is 6.62. The number of aliphatic hydroxyl groups is 1. The number of benzene rings is 1. The van der Waals surface area contributed by atoms with Crippen LogP contribution in [0.5, 0.6) is 5.75 Å². The second-order valence-corrected chi connectivity index (χ2v) is 4.58.